The van der Waals surface area contributed by atoms with E-state index in [4.69, 9.17) is 0 Å². The molecule has 0 amide bonds. The molecule has 0 aliphatic carbocycles. The molecular weight excluding hydrogens is 307 g/mol. The molecule has 0 nitrogen and oxygen atoms in total. The van der Waals surface area contributed by atoms with Gasteiger partial charge >= 0.3 is 0 Å². The third kappa shape index (κ3) is 7.69. The van der Waals surface area contributed by atoms with Gasteiger partial charge in [0.25, 0.3) is 0 Å². The molecule has 138 valence electrons. The van der Waals surface area contributed by atoms with Gasteiger partial charge in [-0.05, 0) is 41.5 Å². The highest BCUT2D eigenvalue weighted by atomic mass is 31.1. The maximum absolute atomic E-state index is 2.42. The van der Waals surface area contributed by atoms with Crippen LogP contribution in [0.15, 0.2) is 24.3 Å². The highest BCUT2D eigenvalue weighted by Gasteiger charge is 2.24. The molecule has 0 saturated heterocycles. The molecule has 0 saturated carbocycles. The molecule has 0 bridgehead atoms. The highest BCUT2D eigenvalue weighted by molar-refractivity contribution is 7.37. The zero-order valence-corrected chi connectivity index (χ0v) is 18.3. The molecule has 0 fully saturated rings. The van der Waals surface area contributed by atoms with E-state index < -0.39 is 0 Å². The second-order valence-electron chi connectivity index (χ2n) is 8.96. The van der Waals surface area contributed by atoms with Gasteiger partial charge in [0.05, 0.1) is 0 Å². The van der Waals surface area contributed by atoms with Crippen molar-refractivity contribution < 1.29 is 0 Å². The zero-order chi connectivity index (χ0) is 18.2. The lowest BCUT2D eigenvalue weighted by Crippen LogP contribution is -2.14. The largest absolute Gasteiger partial charge is 0.117 e. The van der Waals surface area contributed by atoms with E-state index in [0.29, 0.717) is 11.1 Å². The molecule has 0 spiro atoms. The van der Waals surface area contributed by atoms with Gasteiger partial charge in [0.2, 0.25) is 0 Å². The van der Waals surface area contributed by atoms with E-state index in [2.05, 4.69) is 72.5 Å². The van der Waals surface area contributed by atoms with Gasteiger partial charge in [0.15, 0.2) is 0 Å². The average Bonchev–Trinajstić information content (AvgIpc) is 2.48. The molecule has 1 aromatic carbocycles. The van der Waals surface area contributed by atoms with Crippen LogP contribution in [0.4, 0.5) is 0 Å². The standard InChI is InChI=1S/C23H41P/c1-8-10-18(2)11-9-12-19(3)17-20-13-15-21(16-14-20)22(24-7)23(4,5)6/h13-16,18-19,22,24H,8-12,17H2,1-7H3. The van der Waals surface area contributed by atoms with Crippen molar-refractivity contribution in [2.24, 2.45) is 17.3 Å². The van der Waals surface area contributed by atoms with E-state index in [0.717, 1.165) is 20.4 Å². The predicted octanol–water partition coefficient (Wildman–Crippen LogP) is 7.87. The van der Waals surface area contributed by atoms with Crippen molar-refractivity contribution in [3.8, 4) is 0 Å². The van der Waals surface area contributed by atoms with Crippen molar-refractivity contribution in [1.82, 2.24) is 0 Å². The van der Waals surface area contributed by atoms with E-state index in [1.807, 2.05) is 0 Å². The lowest BCUT2D eigenvalue weighted by atomic mass is 9.86. The third-order valence-electron chi connectivity index (χ3n) is 5.23. The molecule has 4 atom stereocenters. The van der Waals surface area contributed by atoms with Crippen molar-refractivity contribution in [3.05, 3.63) is 35.4 Å². The molecular formula is C23H41P. The number of rotatable bonds is 10. The van der Waals surface area contributed by atoms with E-state index in [1.54, 1.807) is 0 Å². The van der Waals surface area contributed by atoms with Gasteiger partial charge in [0.1, 0.15) is 0 Å². The number of hydrogen-bond donors (Lipinski definition) is 0. The number of hydrogen-bond acceptors (Lipinski definition) is 0. The Balaban J connectivity index is 2.49. The summed E-state index contributed by atoms with van der Waals surface area (Å²) in [6.45, 7) is 16.6. The first-order valence-corrected chi connectivity index (χ1v) is 11.6. The molecule has 1 aromatic rings. The fourth-order valence-corrected chi connectivity index (χ4v) is 5.29. The molecule has 1 rings (SSSR count). The van der Waals surface area contributed by atoms with Crippen molar-refractivity contribution in [2.45, 2.75) is 85.7 Å². The summed E-state index contributed by atoms with van der Waals surface area (Å²) in [6, 6.07) is 9.53. The molecule has 0 aliphatic rings. The van der Waals surface area contributed by atoms with Gasteiger partial charge in [-0.15, -0.1) is 8.58 Å². The first-order valence-electron chi connectivity index (χ1n) is 10.0. The Hall–Kier alpha value is -0.350. The van der Waals surface area contributed by atoms with E-state index >= 15 is 0 Å². The normalized spacial score (nSPS) is 16.5. The first-order chi connectivity index (χ1) is 11.3. The Morgan fingerprint density at radius 3 is 2.00 bits per heavy atom. The van der Waals surface area contributed by atoms with Crippen LogP contribution < -0.4 is 0 Å². The van der Waals surface area contributed by atoms with Crippen LogP contribution >= 0.6 is 8.58 Å². The van der Waals surface area contributed by atoms with Crippen molar-refractivity contribution in [1.29, 1.82) is 0 Å². The monoisotopic (exact) mass is 348 g/mol. The van der Waals surface area contributed by atoms with Crippen LogP contribution in [-0.2, 0) is 6.42 Å². The summed E-state index contributed by atoms with van der Waals surface area (Å²) in [5.74, 6) is 1.71. The van der Waals surface area contributed by atoms with Gasteiger partial charge in [-0.25, -0.2) is 0 Å². The topological polar surface area (TPSA) is 0 Å². The molecule has 0 N–H and O–H groups in total. The second-order valence-corrected chi connectivity index (χ2v) is 10.1. The highest BCUT2D eigenvalue weighted by Crippen LogP contribution is 2.45. The van der Waals surface area contributed by atoms with Crippen molar-refractivity contribution in [3.63, 3.8) is 0 Å². The summed E-state index contributed by atoms with van der Waals surface area (Å²) in [5.41, 5.74) is 4.08. The third-order valence-corrected chi connectivity index (χ3v) is 7.00. The zero-order valence-electron chi connectivity index (χ0n) is 17.3. The molecule has 1 heteroatoms. The molecule has 0 aromatic heterocycles. The Labute approximate surface area is 154 Å². The van der Waals surface area contributed by atoms with Crippen LogP contribution in [0.5, 0.6) is 0 Å². The summed E-state index contributed by atoms with van der Waals surface area (Å²) in [6.07, 6.45) is 8.12. The Bertz CT molecular complexity index is 440. The summed E-state index contributed by atoms with van der Waals surface area (Å²) >= 11 is 0. The van der Waals surface area contributed by atoms with Gasteiger partial charge in [-0.1, -0.05) is 97.9 Å². The van der Waals surface area contributed by atoms with Gasteiger partial charge in [0, 0.05) is 5.66 Å². The summed E-state index contributed by atoms with van der Waals surface area (Å²) in [4.78, 5) is 0. The van der Waals surface area contributed by atoms with Crippen LogP contribution in [0.25, 0.3) is 0 Å². The van der Waals surface area contributed by atoms with E-state index in [9.17, 15) is 0 Å². The molecule has 0 aliphatic heterocycles. The maximum atomic E-state index is 2.42. The lowest BCUT2D eigenvalue weighted by Gasteiger charge is -2.30. The van der Waals surface area contributed by atoms with Crippen LogP contribution in [0.2, 0.25) is 0 Å². The smallest absolute Gasteiger partial charge is 0.00598 e. The van der Waals surface area contributed by atoms with Crippen LogP contribution in [0, 0.1) is 17.3 Å². The molecule has 0 radical (unpaired) electrons. The van der Waals surface area contributed by atoms with Crippen LogP contribution in [-0.4, -0.2) is 6.66 Å². The van der Waals surface area contributed by atoms with Crippen molar-refractivity contribution in [2.75, 3.05) is 6.66 Å². The predicted molar refractivity (Wildman–Crippen MR) is 114 cm³/mol. The van der Waals surface area contributed by atoms with E-state index in [1.165, 1.54) is 49.7 Å². The fourth-order valence-electron chi connectivity index (χ4n) is 3.90. The minimum absolute atomic E-state index is 0.358. The first kappa shape index (κ1) is 21.7. The van der Waals surface area contributed by atoms with E-state index in [-0.39, 0.29) is 0 Å². The van der Waals surface area contributed by atoms with Gasteiger partial charge < -0.3 is 0 Å². The minimum atomic E-state index is 0.358. The SMILES string of the molecule is CCCC(C)CCCC(C)Cc1ccc(C(PC)C(C)(C)C)cc1. The fraction of sp³-hybridized carbons (Fsp3) is 0.739. The molecule has 0 heterocycles. The Kier molecular flexibility index (Phi) is 9.58. The lowest BCUT2D eigenvalue weighted by molar-refractivity contribution is 0.399. The quantitative estimate of drug-likeness (QED) is 0.377. The summed E-state index contributed by atoms with van der Waals surface area (Å²) < 4.78 is 0. The van der Waals surface area contributed by atoms with Crippen LogP contribution in [0.3, 0.4) is 0 Å². The Morgan fingerprint density at radius 2 is 1.50 bits per heavy atom. The minimum Gasteiger partial charge on any atom is -0.117 e. The Morgan fingerprint density at radius 1 is 0.917 bits per heavy atom. The summed E-state index contributed by atoms with van der Waals surface area (Å²) in [5, 5.41) is 0. The second kappa shape index (κ2) is 10.6. The molecule has 24 heavy (non-hydrogen) atoms. The molecule has 4 unspecified atom stereocenters. The van der Waals surface area contributed by atoms with Crippen molar-refractivity contribution >= 4 is 8.58 Å². The number of benzene rings is 1. The van der Waals surface area contributed by atoms with Gasteiger partial charge in [-0.3, -0.25) is 0 Å². The summed E-state index contributed by atoms with van der Waals surface area (Å²) in [7, 11) is 0.967. The van der Waals surface area contributed by atoms with Crippen LogP contribution in [0.1, 0.15) is 90.4 Å². The average molecular weight is 349 g/mol. The maximum Gasteiger partial charge on any atom is 0.00598 e. The van der Waals surface area contributed by atoms with Gasteiger partial charge in [-0.2, -0.15) is 0 Å².